The highest BCUT2D eigenvalue weighted by Crippen LogP contribution is 2.32. The molecule has 2 heterocycles. The van der Waals surface area contributed by atoms with Gasteiger partial charge < -0.3 is 14.2 Å². The standard InChI is InChI=1S/C15H23NO5/c1-15(2,3)21-14(18)16-9-10-7-5-6-8-20-12(10)11(16)13(17)19-4/h5-6,10-12H,7-9H2,1-4H3. The number of hydrogen-bond donors (Lipinski definition) is 0. The summed E-state index contributed by atoms with van der Waals surface area (Å²) in [6.07, 6.45) is 3.89. The molecular formula is C15H23NO5. The molecule has 6 nitrogen and oxygen atoms in total. The molecule has 1 saturated heterocycles. The largest absolute Gasteiger partial charge is 0.467 e. The maximum Gasteiger partial charge on any atom is 0.411 e. The van der Waals surface area contributed by atoms with E-state index >= 15 is 0 Å². The maximum absolute atomic E-state index is 12.3. The van der Waals surface area contributed by atoms with Crippen LogP contribution in [0, 0.1) is 5.92 Å². The van der Waals surface area contributed by atoms with E-state index in [1.165, 1.54) is 12.0 Å². The zero-order valence-electron chi connectivity index (χ0n) is 13.0. The minimum atomic E-state index is -0.741. The molecule has 1 amide bonds. The van der Waals surface area contributed by atoms with Crippen molar-refractivity contribution in [2.75, 3.05) is 20.3 Å². The predicted octanol–water partition coefficient (Wildman–Crippen LogP) is 1.74. The number of allylic oxidation sites excluding steroid dienone is 1. The number of likely N-dealkylation sites (tertiary alicyclic amines) is 1. The molecule has 118 valence electrons. The number of esters is 1. The first-order chi connectivity index (χ1) is 9.83. The third-order valence-corrected chi connectivity index (χ3v) is 3.60. The Balaban J connectivity index is 2.20. The Labute approximate surface area is 125 Å². The first-order valence-electron chi connectivity index (χ1n) is 7.17. The number of ether oxygens (including phenoxy) is 3. The van der Waals surface area contributed by atoms with E-state index in [2.05, 4.69) is 0 Å². The van der Waals surface area contributed by atoms with Gasteiger partial charge in [-0.25, -0.2) is 9.59 Å². The van der Waals surface area contributed by atoms with Crippen molar-refractivity contribution in [2.24, 2.45) is 5.92 Å². The third-order valence-electron chi connectivity index (χ3n) is 3.60. The SMILES string of the molecule is COC(=O)C1C2OCC=CCC2CN1C(=O)OC(C)(C)C. The number of carbonyl (C=O) groups is 2. The fraction of sp³-hybridized carbons (Fsp3) is 0.733. The summed E-state index contributed by atoms with van der Waals surface area (Å²) in [5.74, 6) is -0.379. The summed E-state index contributed by atoms with van der Waals surface area (Å²) >= 11 is 0. The average molecular weight is 297 g/mol. The van der Waals surface area contributed by atoms with E-state index in [0.717, 1.165) is 6.42 Å². The van der Waals surface area contributed by atoms with Crippen LogP contribution in [0.3, 0.4) is 0 Å². The number of rotatable bonds is 1. The Morgan fingerprint density at radius 1 is 1.29 bits per heavy atom. The van der Waals surface area contributed by atoms with Gasteiger partial charge in [-0.05, 0) is 27.2 Å². The van der Waals surface area contributed by atoms with Crippen LogP contribution in [-0.4, -0.2) is 55.0 Å². The van der Waals surface area contributed by atoms with Gasteiger partial charge >= 0.3 is 12.1 Å². The second-order valence-corrected chi connectivity index (χ2v) is 6.37. The lowest BCUT2D eigenvalue weighted by Crippen LogP contribution is -2.48. The van der Waals surface area contributed by atoms with Gasteiger partial charge in [-0.2, -0.15) is 0 Å². The smallest absolute Gasteiger partial charge is 0.411 e. The number of carbonyl (C=O) groups excluding carboxylic acids is 2. The van der Waals surface area contributed by atoms with Gasteiger partial charge in [-0.1, -0.05) is 12.2 Å². The summed E-state index contributed by atoms with van der Waals surface area (Å²) in [6.45, 7) is 6.27. The van der Waals surface area contributed by atoms with Crippen molar-refractivity contribution in [3.63, 3.8) is 0 Å². The van der Waals surface area contributed by atoms with Crippen LogP contribution in [-0.2, 0) is 19.0 Å². The lowest BCUT2D eigenvalue weighted by molar-refractivity contribution is -0.150. The Kier molecular flexibility index (Phi) is 4.56. The second kappa shape index (κ2) is 6.05. The van der Waals surface area contributed by atoms with E-state index in [-0.39, 0.29) is 12.0 Å². The molecular weight excluding hydrogens is 274 g/mol. The summed E-state index contributed by atoms with van der Waals surface area (Å²) in [7, 11) is 1.32. The second-order valence-electron chi connectivity index (χ2n) is 6.37. The van der Waals surface area contributed by atoms with Crippen molar-refractivity contribution < 1.29 is 23.8 Å². The topological polar surface area (TPSA) is 65.1 Å². The van der Waals surface area contributed by atoms with E-state index < -0.39 is 23.7 Å². The van der Waals surface area contributed by atoms with E-state index in [0.29, 0.717) is 13.2 Å². The van der Waals surface area contributed by atoms with Crippen LogP contribution >= 0.6 is 0 Å². The average Bonchev–Trinajstić information content (AvgIpc) is 2.59. The lowest BCUT2D eigenvalue weighted by Gasteiger charge is -2.28. The van der Waals surface area contributed by atoms with Crippen LogP contribution in [0.2, 0.25) is 0 Å². The van der Waals surface area contributed by atoms with Crippen LogP contribution in [0.5, 0.6) is 0 Å². The highest BCUT2D eigenvalue weighted by atomic mass is 16.6. The van der Waals surface area contributed by atoms with Crippen molar-refractivity contribution in [3.8, 4) is 0 Å². The zero-order valence-corrected chi connectivity index (χ0v) is 13.0. The summed E-state index contributed by atoms with van der Waals surface area (Å²) in [5.41, 5.74) is -0.608. The van der Waals surface area contributed by atoms with Crippen LogP contribution in [0.25, 0.3) is 0 Å². The van der Waals surface area contributed by atoms with Crippen molar-refractivity contribution in [2.45, 2.75) is 44.9 Å². The van der Waals surface area contributed by atoms with Gasteiger partial charge in [0.1, 0.15) is 5.60 Å². The minimum absolute atomic E-state index is 0.0837. The summed E-state index contributed by atoms with van der Waals surface area (Å²) < 4.78 is 16.0. The van der Waals surface area contributed by atoms with Gasteiger partial charge in [-0.15, -0.1) is 0 Å². The Morgan fingerprint density at radius 2 is 2.00 bits per heavy atom. The lowest BCUT2D eigenvalue weighted by atomic mass is 9.98. The molecule has 0 N–H and O–H groups in total. The minimum Gasteiger partial charge on any atom is -0.467 e. The predicted molar refractivity (Wildman–Crippen MR) is 75.7 cm³/mol. The fourth-order valence-corrected chi connectivity index (χ4v) is 2.74. The molecule has 21 heavy (non-hydrogen) atoms. The summed E-state index contributed by atoms with van der Waals surface area (Å²) in [5, 5.41) is 0. The normalized spacial score (nSPS) is 28.8. The van der Waals surface area contributed by atoms with Crippen molar-refractivity contribution in [3.05, 3.63) is 12.2 Å². The summed E-state index contributed by atoms with van der Waals surface area (Å²) in [6, 6.07) is -0.741. The van der Waals surface area contributed by atoms with Gasteiger partial charge in [0.15, 0.2) is 6.04 Å². The molecule has 2 rings (SSSR count). The third kappa shape index (κ3) is 3.56. The first kappa shape index (κ1) is 15.8. The van der Waals surface area contributed by atoms with E-state index in [9.17, 15) is 9.59 Å². The molecule has 0 saturated carbocycles. The fourth-order valence-electron chi connectivity index (χ4n) is 2.74. The van der Waals surface area contributed by atoms with Gasteiger partial charge in [-0.3, -0.25) is 4.90 Å². The highest BCUT2D eigenvalue weighted by Gasteiger charge is 2.50. The first-order valence-corrected chi connectivity index (χ1v) is 7.17. The molecule has 0 aromatic rings. The molecule has 0 aromatic carbocycles. The van der Waals surface area contributed by atoms with E-state index in [1.807, 2.05) is 12.2 Å². The maximum atomic E-state index is 12.3. The van der Waals surface area contributed by atoms with Gasteiger partial charge in [0.05, 0.1) is 19.8 Å². The number of methoxy groups -OCH3 is 1. The molecule has 0 bridgehead atoms. The number of nitrogens with zero attached hydrogens (tertiary/aromatic N) is 1. The zero-order chi connectivity index (χ0) is 15.6. The summed E-state index contributed by atoms with van der Waals surface area (Å²) in [4.78, 5) is 25.9. The molecule has 0 radical (unpaired) electrons. The monoisotopic (exact) mass is 297 g/mol. The Bertz CT molecular complexity index is 440. The van der Waals surface area contributed by atoms with Crippen molar-refractivity contribution in [1.82, 2.24) is 4.90 Å². The highest BCUT2D eigenvalue weighted by molar-refractivity contribution is 5.83. The van der Waals surface area contributed by atoms with Crippen LogP contribution in [0.1, 0.15) is 27.2 Å². The number of hydrogen-bond acceptors (Lipinski definition) is 5. The van der Waals surface area contributed by atoms with Crippen molar-refractivity contribution in [1.29, 1.82) is 0 Å². The quantitative estimate of drug-likeness (QED) is 0.545. The molecule has 2 aliphatic rings. The molecule has 0 aliphatic carbocycles. The van der Waals surface area contributed by atoms with E-state index in [4.69, 9.17) is 14.2 Å². The molecule has 6 heteroatoms. The molecule has 0 aromatic heterocycles. The van der Waals surface area contributed by atoms with Gasteiger partial charge in [0, 0.05) is 12.5 Å². The number of amides is 1. The Morgan fingerprint density at radius 3 is 2.62 bits per heavy atom. The molecule has 3 unspecified atom stereocenters. The molecule has 1 fully saturated rings. The molecule has 0 spiro atoms. The van der Waals surface area contributed by atoms with Crippen LogP contribution in [0.4, 0.5) is 4.79 Å². The van der Waals surface area contributed by atoms with Crippen LogP contribution in [0.15, 0.2) is 12.2 Å². The van der Waals surface area contributed by atoms with Gasteiger partial charge in [0.2, 0.25) is 0 Å². The van der Waals surface area contributed by atoms with Gasteiger partial charge in [0.25, 0.3) is 0 Å². The Hall–Kier alpha value is -1.56. The van der Waals surface area contributed by atoms with E-state index in [1.54, 1.807) is 20.8 Å². The molecule has 2 aliphatic heterocycles. The van der Waals surface area contributed by atoms with Crippen LogP contribution < -0.4 is 0 Å². The molecule has 3 atom stereocenters. The number of fused-ring (bicyclic) bond motifs is 1. The van der Waals surface area contributed by atoms with Crippen molar-refractivity contribution >= 4 is 12.1 Å².